The Labute approximate surface area is 105 Å². The molecule has 0 radical (unpaired) electrons. The largest absolute Gasteiger partial charge is 0.143 e. The van der Waals surface area contributed by atoms with E-state index in [1.807, 2.05) is 28.7 Å². The smallest absolute Gasteiger partial charge is 0.0480 e. The second-order valence-corrected chi connectivity index (χ2v) is 6.15. The first kappa shape index (κ1) is 11.6. The van der Waals surface area contributed by atoms with Crippen molar-refractivity contribution >= 4 is 22.7 Å². The highest BCUT2D eigenvalue weighted by atomic mass is 32.1. The topological polar surface area (TPSA) is 0 Å². The Morgan fingerprint density at radius 2 is 1.94 bits per heavy atom. The van der Waals surface area contributed by atoms with Crippen LogP contribution >= 0.6 is 22.7 Å². The molecule has 0 N–H and O–H groups in total. The van der Waals surface area contributed by atoms with Gasteiger partial charge >= 0.3 is 0 Å². The molecular weight excluding hydrogens is 232 g/mol. The molecule has 0 unspecified atom stereocenters. The van der Waals surface area contributed by atoms with Gasteiger partial charge in [-0.1, -0.05) is 6.08 Å². The minimum Gasteiger partial charge on any atom is -0.143 e. The molecular formula is C14H16S2. The summed E-state index contributed by atoms with van der Waals surface area (Å²) in [6.07, 6.45) is 2.95. The van der Waals surface area contributed by atoms with Crippen molar-refractivity contribution in [2.75, 3.05) is 0 Å². The molecule has 0 saturated carbocycles. The van der Waals surface area contributed by atoms with E-state index in [1.54, 1.807) is 0 Å². The fourth-order valence-electron chi connectivity index (χ4n) is 1.81. The quantitative estimate of drug-likeness (QED) is 0.660. The van der Waals surface area contributed by atoms with Crippen LogP contribution in [0.5, 0.6) is 0 Å². The minimum atomic E-state index is 0.967. The molecule has 2 heterocycles. The molecule has 0 amide bonds. The van der Waals surface area contributed by atoms with Gasteiger partial charge < -0.3 is 0 Å². The maximum atomic E-state index is 3.82. The highest BCUT2D eigenvalue weighted by Crippen LogP contribution is 2.40. The van der Waals surface area contributed by atoms with Crippen LogP contribution < -0.4 is 0 Å². The second-order valence-electron chi connectivity index (χ2n) is 4.01. The highest BCUT2D eigenvalue weighted by molar-refractivity contribution is 7.21. The predicted molar refractivity (Wildman–Crippen MR) is 75.7 cm³/mol. The van der Waals surface area contributed by atoms with Crippen LogP contribution in [0.4, 0.5) is 0 Å². The van der Waals surface area contributed by atoms with E-state index >= 15 is 0 Å². The summed E-state index contributed by atoms with van der Waals surface area (Å²) in [5.41, 5.74) is 4.29. The van der Waals surface area contributed by atoms with Gasteiger partial charge in [0.2, 0.25) is 0 Å². The summed E-state index contributed by atoms with van der Waals surface area (Å²) in [4.78, 5) is 4.31. The van der Waals surface area contributed by atoms with Gasteiger partial charge in [0.1, 0.15) is 0 Å². The lowest BCUT2D eigenvalue weighted by Crippen LogP contribution is -1.81. The van der Waals surface area contributed by atoms with Gasteiger partial charge in [-0.3, -0.25) is 0 Å². The molecule has 0 aliphatic carbocycles. The molecule has 2 heteroatoms. The fourth-order valence-corrected chi connectivity index (χ4v) is 4.15. The van der Waals surface area contributed by atoms with Crippen molar-refractivity contribution in [3.63, 3.8) is 0 Å². The standard InChI is InChI=1S/C14H16S2/c1-5-6-12-7-8-15-14(12)13-10(3)9(2)11(4)16-13/h5,7-8H,1,6H2,2-4H3. The molecule has 0 spiro atoms. The van der Waals surface area contributed by atoms with Crippen molar-refractivity contribution in [2.45, 2.75) is 27.2 Å². The molecule has 0 aromatic carbocycles. The van der Waals surface area contributed by atoms with E-state index in [-0.39, 0.29) is 0 Å². The van der Waals surface area contributed by atoms with E-state index in [4.69, 9.17) is 0 Å². The molecule has 0 aliphatic rings. The van der Waals surface area contributed by atoms with E-state index in [2.05, 4.69) is 38.8 Å². The van der Waals surface area contributed by atoms with Crippen LogP contribution in [0.15, 0.2) is 24.1 Å². The summed E-state index contributed by atoms with van der Waals surface area (Å²) in [6, 6.07) is 2.21. The van der Waals surface area contributed by atoms with Gasteiger partial charge in [0, 0.05) is 14.6 Å². The summed E-state index contributed by atoms with van der Waals surface area (Å²) in [7, 11) is 0. The summed E-state index contributed by atoms with van der Waals surface area (Å²) in [5, 5.41) is 2.18. The number of thiophene rings is 2. The first-order valence-corrected chi connectivity index (χ1v) is 7.09. The average Bonchev–Trinajstić information content (AvgIpc) is 2.80. The van der Waals surface area contributed by atoms with Crippen molar-refractivity contribution in [1.82, 2.24) is 0 Å². The van der Waals surface area contributed by atoms with Crippen LogP contribution in [0.25, 0.3) is 9.75 Å². The maximum absolute atomic E-state index is 3.82. The van der Waals surface area contributed by atoms with E-state index in [1.165, 1.54) is 31.3 Å². The van der Waals surface area contributed by atoms with E-state index in [0.717, 1.165) is 6.42 Å². The minimum absolute atomic E-state index is 0.967. The summed E-state index contributed by atoms with van der Waals surface area (Å²) in [5.74, 6) is 0. The zero-order chi connectivity index (χ0) is 11.7. The molecule has 0 saturated heterocycles. The van der Waals surface area contributed by atoms with Gasteiger partial charge in [-0.15, -0.1) is 29.3 Å². The lowest BCUT2D eigenvalue weighted by Gasteiger charge is -2.00. The molecule has 0 bridgehead atoms. The zero-order valence-corrected chi connectivity index (χ0v) is 11.6. The Morgan fingerprint density at radius 1 is 1.19 bits per heavy atom. The van der Waals surface area contributed by atoms with E-state index in [9.17, 15) is 0 Å². The lowest BCUT2D eigenvalue weighted by atomic mass is 10.1. The molecule has 0 aliphatic heterocycles. The number of aryl methyl sites for hydroxylation is 1. The number of rotatable bonds is 3. The first-order chi connectivity index (χ1) is 7.65. The molecule has 0 nitrogen and oxygen atoms in total. The van der Waals surface area contributed by atoms with Gasteiger partial charge in [0.25, 0.3) is 0 Å². The lowest BCUT2D eigenvalue weighted by molar-refractivity contribution is 1.30. The van der Waals surface area contributed by atoms with Crippen molar-refractivity contribution in [3.8, 4) is 9.75 Å². The van der Waals surface area contributed by atoms with Crippen molar-refractivity contribution < 1.29 is 0 Å². The van der Waals surface area contributed by atoms with Gasteiger partial charge in [-0.05, 0) is 55.3 Å². The van der Waals surface area contributed by atoms with Crippen LogP contribution in [0.1, 0.15) is 21.6 Å². The molecule has 0 atom stereocenters. The molecule has 0 fully saturated rings. The van der Waals surface area contributed by atoms with Crippen LogP contribution in [0.3, 0.4) is 0 Å². The van der Waals surface area contributed by atoms with E-state index < -0.39 is 0 Å². The molecule has 2 aromatic heterocycles. The Morgan fingerprint density at radius 3 is 2.50 bits per heavy atom. The third kappa shape index (κ3) is 1.87. The number of hydrogen-bond acceptors (Lipinski definition) is 2. The van der Waals surface area contributed by atoms with E-state index in [0.29, 0.717) is 0 Å². The molecule has 16 heavy (non-hydrogen) atoms. The van der Waals surface area contributed by atoms with Crippen LogP contribution in [0.2, 0.25) is 0 Å². The Bertz CT molecular complexity index is 515. The normalized spacial score (nSPS) is 10.7. The number of hydrogen-bond donors (Lipinski definition) is 0. The van der Waals surface area contributed by atoms with Crippen molar-refractivity contribution in [2.24, 2.45) is 0 Å². The van der Waals surface area contributed by atoms with Gasteiger partial charge in [0.15, 0.2) is 0 Å². The Balaban J connectivity index is 2.54. The van der Waals surface area contributed by atoms with Crippen LogP contribution in [0, 0.1) is 20.8 Å². The SMILES string of the molecule is C=CCc1ccsc1-c1sc(C)c(C)c1C. The summed E-state index contributed by atoms with van der Waals surface area (Å²) < 4.78 is 0. The van der Waals surface area contributed by atoms with Crippen LogP contribution in [-0.4, -0.2) is 0 Å². The van der Waals surface area contributed by atoms with Gasteiger partial charge in [0.05, 0.1) is 0 Å². The maximum Gasteiger partial charge on any atom is 0.0480 e. The predicted octanol–water partition coefficient (Wildman–Crippen LogP) is 5.13. The third-order valence-corrected chi connectivity index (χ3v) is 5.43. The summed E-state index contributed by atoms with van der Waals surface area (Å²) in [6.45, 7) is 10.5. The average molecular weight is 248 g/mol. The fraction of sp³-hybridized carbons (Fsp3) is 0.286. The second kappa shape index (κ2) is 4.56. The third-order valence-electron chi connectivity index (χ3n) is 3.00. The van der Waals surface area contributed by atoms with Crippen LogP contribution in [-0.2, 0) is 6.42 Å². The number of allylic oxidation sites excluding steroid dienone is 1. The Kier molecular flexibility index (Phi) is 3.31. The Hall–Kier alpha value is -0.860. The highest BCUT2D eigenvalue weighted by Gasteiger charge is 2.14. The van der Waals surface area contributed by atoms with Crippen molar-refractivity contribution in [1.29, 1.82) is 0 Å². The van der Waals surface area contributed by atoms with Gasteiger partial charge in [-0.25, -0.2) is 0 Å². The van der Waals surface area contributed by atoms with Crippen molar-refractivity contribution in [3.05, 3.63) is 45.7 Å². The monoisotopic (exact) mass is 248 g/mol. The first-order valence-electron chi connectivity index (χ1n) is 5.39. The molecule has 2 rings (SSSR count). The zero-order valence-electron chi connectivity index (χ0n) is 9.96. The van der Waals surface area contributed by atoms with Gasteiger partial charge in [-0.2, -0.15) is 0 Å². The molecule has 2 aromatic rings. The summed E-state index contributed by atoms with van der Waals surface area (Å²) >= 11 is 3.76. The molecule has 84 valence electrons.